The number of amides is 1. The number of nitrogens with zero attached hydrogens (tertiary/aromatic N) is 1. The molecule has 0 saturated carbocycles. The number of carbonyl (C=O) groups is 1. The number of likely N-dealkylation sites (tertiary alicyclic amines) is 1. The Bertz CT molecular complexity index is 241. The number of rotatable bonds is 4. The molecule has 3 heteroatoms. The average Bonchev–Trinajstić information content (AvgIpc) is 2.89. The zero-order valence-electron chi connectivity index (χ0n) is 11.1. The van der Waals surface area contributed by atoms with Crippen LogP contribution in [0, 0.1) is 11.8 Å². The molecule has 2 aliphatic rings. The van der Waals surface area contributed by atoms with Crippen molar-refractivity contribution in [3.8, 4) is 0 Å². The molecule has 0 spiro atoms. The largest absolute Gasteiger partial charge is 0.343 e. The van der Waals surface area contributed by atoms with Crippen LogP contribution in [0.2, 0.25) is 0 Å². The van der Waals surface area contributed by atoms with E-state index in [1.165, 1.54) is 25.7 Å². The van der Waals surface area contributed by atoms with Crippen LogP contribution in [0.3, 0.4) is 0 Å². The Morgan fingerprint density at radius 2 is 2.00 bits per heavy atom. The molecule has 0 aromatic carbocycles. The fraction of sp³-hybridized carbons (Fsp3) is 0.929. The Morgan fingerprint density at radius 3 is 2.59 bits per heavy atom. The molecule has 2 heterocycles. The maximum Gasteiger partial charge on any atom is 0.222 e. The third-order valence-corrected chi connectivity index (χ3v) is 4.47. The number of carbonyl (C=O) groups excluding carboxylic acids is 1. The monoisotopic (exact) mass is 238 g/mol. The molecule has 2 saturated heterocycles. The number of hydrogen-bond donors (Lipinski definition) is 1. The molecule has 2 aliphatic heterocycles. The van der Waals surface area contributed by atoms with Gasteiger partial charge in [0.25, 0.3) is 0 Å². The van der Waals surface area contributed by atoms with E-state index in [-0.39, 0.29) is 0 Å². The highest BCUT2D eigenvalue weighted by atomic mass is 16.2. The molecule has 0 radical (unpaired) electrons. The van der Waals surface area contributed by atoms with Gasteiger partial charge in [0.1, 0.15) is 0 Å². The number of nitrogens with one attached hydrogen (secondary N) is 1. The molecule has 1 unspecified atom stereocenters. The fourth-order valence-electron chi connectivity index (χ4n) is 3.04. The third kappa shape index (κ3) is 3.70. The highest BCUT2D eigenvalue weighted by Gasteiger charge is 2.23. The van der Waals surface area contributed by atoms with Crippen LogP contribution >= 0.6 is 0 Å². The minimum Gasteiger partial charge on any atom is -0.343 e. The predicted octanol–water partition coefficient (Wildman–Crippen LogP) is 2.02. The quantitative estimate of drug-likeness (QED) is 0.812. The van der Waals surface area contributed by atoms with Gasteiger partial charge in [0, 0.05) is 19.5 Å². The molecule has 0 bridgehead atoms. The maximum atomic E-state index is 12.1. The molecule has 1 N–H and O–H groups in total. The summed E-state index contributed by atoms with van der Waals surface area (Å²) in [4.78, 5) is 14.1. The first kappa shape index (κ1) is 12.9. The number of piperidine rings is 1. The minimum atomic E-state index is 0.395. The second-order valence-electron chi connectivity index (χ2n) is 5.63. The molecular weight excluding hydrogens is 212 g/mol. The molecule has 17 heavy (non-hydrogen) atoms. The highest BCUT2D eigenvalue weighted by Crippen LogP contribution is 2.21. The van der Waals surface area contributed by atoms with Crippen LogP contribution in [0.5, 0.6) is 0 Å². The Labute approximate surface area is 105 Å². The van der Waals surface area contributed by atoms with Crippen molar-refractivity contribution in [1.29, 1.82) is 0 Å². The lowest BCUT2D eigenvalue weighted by atomic mass is 9.94. The van der Waals surface area contributed by atoms with E-state index < -0.39 is 0 Å². The molecule has 3 nitrogen and oxygen atoms in total. The van der Waals surface area contributed by atoms with Crippen molar-refractivity contribution in [3.05, 3.63) is 0 Å². The second-order valence-corrected chi connectivity index (χ2v) is 5.63. The zero-order chi connectivity index (χ0) is 12.1. The summed E-state index contributed by atoms with van der Waals surface area (Å²) >= 11 is 0. The molecule has 0 aromatic heterocycles. The topological polar surface area (TPSA) is 32.3 Å². The molecule has 2 fully saturated rings. The van der Waals surface area contributed by atoms with Gasteiger partial charge in [-0.1, -0.05) is 13.3 Å². The Balaban J connectivity index is 1.66. The Kier molecular flexibility index (Phi) is 4.84. The lowest BCUT2D eigenvalue weighted by molar-refractivity contribution is -0.132. The van der Waals surface area contributed by atoms with Crippen LogP contribution in [0.25, 0.3) is 0 Å². The van der Waals surface area contributed by atoms with Gasteiger partial charge in [-0.05, 0) is 50.6 Å². The van der Waals surface area contributed by atoms with Gasteiger partial charge < -0.3 is 10.2 Å². The molecule has 2 rings (SSSR count). The summed E-state index contributed by atoms with van der Waals surface area (Å²) in [5.74, 6) is 2.00. The number of hydrogen-bond acceptors (Lipinski definition) is 2. The fourth-order valence-corrected chi connectivity index (χ4v) is 3.04. The first-order valence-electron chi connectivity index (χ1n) is 7.28. The van der Waals surface area contributed by atoms with Crippen molar-refractivity contribution < 1.29 is 4.79 Å². The summed E-state index contributed by atoms with van der Waals surface area (Å²) in [7, 11) is 0. The van der Waals surface area contributed by atoms with E-state index in [2.05, 4.69) is 17.1 Å². The normalized spacial score (nSPS) is 26.4. The summed E-state index contributed by atoms with van der Waals surface area (Å²) < 4.78 is 0. The van der Waals surface area contributed by atoms with Crippen molar-refractivity contribution in [2.75, 3.05) is 26.2 Å². The molecule has 0 aliphatic carbocycles. The first-order valence-corrected chi connectivity index (χ1v) is 7.28. The molecule has 0 aromatic rings. The van der Waals surface area contributed by atoms with E-state index in [9.17, 15) is 4.79 Å². The molecule has 1 amide bonds. The summed E-state index contributed by atoms with van der Waals surface area (Å²) in [5, 5.41) is 3.36. The summed E-state index contributed by atoms with van der Waals surface area (Å²) in [6, 6.07) is 0. The van der Waals surface area contributed by atoms with Crippen molar-refractivity contribution >= 4 is 5.91 Å². The first-order chi connectivity index (χ1) is 8.29. The van der Waals surface area contributed by atoms with E-state index in [1.54, 1.807) is 0 Å². The molecule has 98 valence electrons. The standard InChI is InChI=1S/C14H26N2O/c1-2-12-6-9-16(10-7-12)14(17)4-3-13-5-8-15-11-13/h12-13,15H,2-11H2,1H3. The molecule has 1 atom stereocenters. The SMILES string of the molecule is CCC1CCN(C(=O)CCC2CCNC2)CC1. The lowest BCUT2D eigenvalue weighted by Crippen LogP contribution is -2.38. The minimum absolute atomic E-state index is 0.395. The second kappa shape index (κ2) is 6.39. The van der Waals surface area contributed by atoms with Gasteiger partial charge >= 0.3 is 0 Å². The van der Waals surface area contributed by atoms with Gasteiger partial charge in [-0.25, -0.2) is 0 Å². The van der Waals surface area contributed by atoms with Crippen LogP contribution in [-0.2, 0) is 4.79 Å². The van der Waals surface area contributed by atoms with Crippen LogP contribution in [0.4, 0.5) is 0 Å². The van der Waals surface area contributed by atoms with Crippen molar-refractivity contribution in [1.82, 2.24) is 10.2 Å². The van der Waals surface area contributed by atoms with Crippen molar-refractivity contribution in [2.45, 2.75) is 45.4 Å². The van der Waals surface area contributed by atoms with E-state index in [0.29, 0.717) is 5.91 Å². The summed E-state index contributed by atoms with van der Waals surface area (Å²) in [5.41, 5.74) is 0. The van der Waals surface area contributed by atoms with E-state index in [1.807, 2.05) is 0 Å². The summed E-state index contributed by atoms with van der Waals surface area (Å²) in [6.07, 6.45) is 6.81. The van der Waals surface area contributed by atoms with Crippen LogP contribution in [0.15, 0.2) is 0 Å². The Morgan fingerprint density at radius 1 is 1.24 bits per heavy atom. The van der Waals surface area contributed by atoms with Gasteiger partial charge in [-0.15, -0.1) is 0 Å². The van der Waals surface area contributed by atoms with Gasteiger partial charge in [0.05, 0.1) is 0 Å². The molecular formula is C14H26N2O. The van der Waals surface area contributed by atoms with Crippen molar-refractivity contribution in [2.24, 2.45) is 11.8 Å². The van der Waals surface area contributed by atoms with Crippen LogP contribution in [0.1, 0.15) is 45.4 Å². The smallest absolute Gasteiger partial charge is 0.222 e. The van der Waals surface area contributed by atoms with Crippen molar-refractivity contribution in [3.63, 3.8) is 0 Å². The Hall–Kier alpha value is -0.570. The predicted molar refractivity (Wildman–Crippen MR) is 69.8 cm³/mol. The van der Waals surface area contributed by atoms with Gasteiger partial charge in [-0.2, -0.15) is 0 Å². The third-order valence-electron chi connectivity index (χ3n) is 4.47. The van der Waals surface area contributed by atoms with E-state index in [0.717, 1.165) is 50.9 Å². The zero-order valence-corrected chi connectivity index (χ0v) is 11.1. The van der Waals surface area contributed by atoms with Gasteiger partial charge in [-0.3, -0.25) is 4.79 Å². The summed E-state index contributed by atoms with van der Waals surface area (Å²) in [6.45, 7) is 6.52. The lowest BCUT2D eigenvalue weighted by Gasteiger charge is -2.31. The average molecular weight is 238 g/mol. The van der Waals surface area contributed by atoms with E-state index in [4.69, 9.17) is 0 Å². The van der Waals surface area contributed by atoms with Crippen LogP contribution in [-0.4, -0.2) is 37.0 Å². The van der Waals surface area contributed by atoms with Gasteiger partial charge in [0.15, 0.2) is 0 Å². The maximum absolute atomic E-state index is 12.1. The van der Waals surface area contributed by atoms with Gasteiger partial charge in [0.2, 0.25) is 5.91 Å². The van der Waals surface area contributed by atoms with E-state index >= 15 is 0 Å². The van der Waals surface area contributed by atoms with Crippen LogP contribution < -0.4 is 5.32 Å². The highest BCUT2D eigenvalue weighted by molar-refractivity contribution is 5.76.